The van der Waals surface area contributed by atoms with E-state index in [9.17, 15) is 18.0 Å². The molecule has 1 aliphatic heterocycles. The number of halogens is 3. The molecular weight excluding hydrogens is 185 g/mol. The van der Waals surface area contributed by atoms with Gasteiger partial charge in [-0.3, -0.25) is 4.79 Å². The van der Waals surface area contributed by atoms with Gasteiger partial charge in [-0.25, -0.2) is 0 Å². The van der Waals surface area contributed by atoms with Crippen molar-refractivity contribution in [1.82, 2.24) is 4.90 Å². The summed E-state index contributed by atoms with van der Waals surface area (Å²) < 4.78 is 35.9. The molecule has 3 nitrogen and oxygen atoms in total. The van der Waals surface area contributed by atoms with Gasteiger partial charge in [0.1, 0.15) is 0 Å². The van der Waals surface area contributed by atoms with E-state index in [0.29, 0.717) is 0 Å². The molecule has 0 bridgehead atoms. The van der Waals surface area contributed by atoms with E-state index in [4.69, 9.17) is 5.73 Å². The van der Waals surface area contributed by atoms with E-state index in [1.54, 1.807) is 0 Å². The summed E-state index contributed by atoms with van der Waals surface area (Å²) in [5.74, 6) is -1.78. The van der Waals surface area contributed by atoms with Crippen LogP contribution in [0.4, 0.5) is 13.2 Å². The molecule has 0 aliphatic carbocycles. The van der Waals surface area contributed by atoms with Crippen molar-refractivity contribution in [2.45, 2.75) is 19.1 Å². The van der Waals surface area contributed by atoms with Crippen LogP contribution in [0.1, 0.15) is 6.92 Å². The Labute approximate surface area is 73.7 Å². The Hall–Kier alpha value is -0.780. The maximum atomic E-state index is 12.0. The fraction of sp³-hybridized carbons (Fsp3) is 0.857. The van der Waals surface area contributed by atoms with Crippen LogP contribution in [-0.2, 0) is 4.79 Å². The Kier molecular flexibility index (Phi) is 2.51. The predicted octanol–water partition coefficient (Wildman–Crippen LogP) is 0.354. The van der Waals surface area contributed by atoms with Gasteiger partial charge in [0.15, 0.2) is 0 Å². The van der Waals surface area contributed by atoms with Crippen molar-refractivity contribution in [1.29, 1.82) is 0 Å². The fourth-order valence-corrected chi connectivity index (χ4v) is 1.15. The lowest BCUT2D eigenvalue weighted by Gasteiger charge is -2.40. The Balaban J connectivity index is 2.38. The van der Waals surface area contributed by atoms with Crippen molar-refractivity contribution < 1.29 is 18.0 Å². The molecule has 1 aliphatic rings. The van der Waals surface area contributed by atoms with E-state index in [1.807, 2.05) is 0 Å². The highest BCUT2D eigenvalue weighted by atomic mass is 19.4. The molecule has 1 rings (SSSR count). The van der Waals surface area contributed by atoms with Gasteiger partial charge in [-0.2, -0.15) is 13.2 Å². The van der Waals surface area contributed by atoms with Crippen molar-refractivity contribution in [3.8, 4) is 0 Å². The summed E-state index contributed by atoms with van der Waals surface area (Å²) in [4.78, 5) is 12.2. The quantitative estimate of drug-likeness (QED) is 0.658. The highest BCUT2D eigenvalue weighted by Gasteiger charge is 2.48. The van der Waals surface area contributed by atoms with Crippen molar-refractivity contribution in [2.24, 2.45) is 11.7 Å². The minimum Gasteiger partial charge on any atom is -0.340 e. The van der Waals surface area contributed by atoms with Gasteiger partial charge in [-0.05, 0) is 6.92 Å². The number of rotatable bonds is 1. The van der Waals surface area contributed by atoms with Crippen LogP contribution in [0.15, 0.2) is 0 Å². The van der Waals surface area contributed by atoms with Gasteiger partial charge in [0.05, 0.1) is 12.0 Å². The van der Waals surface area contributed by atoms with E-state index in [-0.39, 0.29) is 13.1 Å². The van der Waals surface area contributed by atoms with Gasteiger partial charge in [-0.15, -0.1) is 0 Å². The Morgan fingerprint density at radius 1 is 1.54 bits per heavy atom. The largest absolute Gasteiger partial charge is 0.395 e. The normalized spacial score (nSPS) is 21.2. The first-order valence-corrected chi connectivity index (χ1v) is 3.93. The summed E-state index contributed by atoms with van der Waals surface area (Å²) in [7, 11) is 0. The van der Waals surface area contributed by atoms with Crippen molar-refractivity contribution in [3.05, 3.63) is 0 Å². The smallest absolute Gasteiger partial charge is 0.340 e. The molecule has 2 N–H and O–H groups in total. The van der Waals surface area contributed by atoms with Gasteiger partial charge < -0.3 is 10.6 Å². The van der Waals surface area contributed by atoms with E-state index >= 15 is 0 Å². The first kappa shape index (κ1) is 10.3. The third-order valence-electron chi connectivity index (χ3n) is 2.05. The van der Waals surface area contributed by atoms with Gasteiger partial charge in [0.25, 0.3) is 0 Å². The lowest BCUT2D eigenvalue weighted by atomic mass is 9.99. The van der Waals surface area contributed by atoms with Crippen LogP contribution in [0.2, 0.25) is 0 Å². The van der Waals surface area contributed by atoms with Crippen LogP contribution in [-0.4, -0.2) is 36.1 Å². The molecule has 6 heteroatoms. The first-order chi connectivity index (χ1) is 5.82. The summed E-state index contributed by atoms with van der Waals surface area (Å²) in [5, 5.41) is 0. The highest BCUT2D eigenvalue weighted by molar-refractivity contribution is 5.81. The third-order valence-corrected chi connectivity index (χ3v) is 2.05. The lowest BCUT2D eigenvalue weighted by molar-refractivity contribution is -0.209. The summed E-state index contributed by atoms with van der Waals surface area (Å²) in [6.07, 6.45) is -4.19. The number of likely N-dealkylation sites (tertiary alicyclic amines) is 1. The zero-order chi connectivity index (χ0) is 10.2. The second kappa shape index (κ2) is 3.17. The van der Waals surface area contributed by atoms with Gasteiger partial charge in [-0.1, -0.05) is 0 Å². The number of nitrogens with two attached hydrogens (primary N) is 1. The summed E-state index contributed by atoms with van der Waals surface area (Å²) in [6, 6.07) is -0.714. The van der Waals surface area contributed by atoms with Crippen LogP contribution in [0.3, 0.4) is 0 Å². The Morgan fingerprint density at radius 3 is 2.31 bits per heavy atom. The van der Waals surface area contributed by atoms with Crippen LogP contribution < -0.4 is 5.73 Å². The van der Waals surface area contributed by atoms with Gasteiger partial charge >= 0.3 is 6.18 Å². The molecule has 1 fully saturated rings. The summed E-state index contributed by atoms with van der Waals surface area (Å²) in [5.41, 5.74) is 5.23. The summed E-state index contributed by atoms with van der Waals surface area (Å²) >= 11 is 0. The zero-order valence-electron chi connectivity index (χ0n) is 7.14. The zero-order valence-corrected chi connectivity index (χ0v) is 7.14. The maximum Gasteiger partial charge on any atom is 0.395 e. The first-order valence-electron chi connectivity index (χ1n) is 3.93. The number of hydrogen-bond donors (Lipinski definition) is 1. The molecule has 1 unspecified atom stereocenters. The predicted molar refractivity (Wildman–Crippen MR) is 39.8 cm³/mol. The van der Waals surface area contributed by atoms with Crippen molar-refractivity contribution in [3.63, 3.8) is 0 Å². The maximum absolute atomic E-state index is 12.0. The molecule has 0 aromatic carbocycles. The minimum absolute atomic E-state index is 0.246. The number of carbonyl (C=O) groups is 1. The van der Waals surface area contributed by atoms with Gasteiger partial charge in [0, 0.05) is 13.1 Å². The minimum atomic E-state index is -4.19. The van der Waals surface area contributed by atoms with E-state index < -0.39 is 24.0 Å². The topological polar surface area (TPSA) is 46.3 Å². The number of amides is 1. The van der Waals surface area contributed by atoms with Crippen LogP contribution in [0, 0.1) is 5.92 Å². The second-order valence-electron chi connectivity index (χ2n) is 3.27. The van der Waals surface area contributed by atoms with Crippen molar-refractivity contribution in [2.75, 3.05) is 13.1 Å². The molecular formula is C7H11F3N2O. The molecule has 76 valence electrons. The SMILES string of the molecule is CC(N)C(=O)N1CC(C(F)(F)F)C1. The Bertz CT molecular complexity index is 208. The van der Waals surface area contributed by atoms with Gasteiger partial charge in [0.2, 0.25) is 5.91 Å². The molecule has 0 saturated carbocycles. The fourth-order valence-electron chi connectivity index (χ4n) is 1.15. The molecule has 13 heavy (non-hydrogen) atoms. The third kappa shape index (κ3) is 2.12. The lowest BCUT2D eigenvalue weighted by Crippen LogP contribution is -2.58. The Morgan fingerprint density at radius 2 is 2.00 bits per heavy atom. The highest BCUT2D eigenvalue weighted by Crippen LogP contribution is 2.33. The number of carbonyl (C=O) groups excluding carboxylic acids is 1. The molecule has 0 radical (unpaired) electrons. The van der Waals surface area contributed by atoms with E-state index in [2.05, 4.69) is 0 Å². The van der Waals surface area contributed by atoms with Crippen molar-refractivity contribution >= 4 is 5.91 Å². The second-order valence-corrected chi connectivity index (χ2v) is 3.27. The number of alkyl halides is 3. The molecule has 0 aromatic rings. The van der Waals surface area contributed by atoms with E-state index in [1.165, 1.54) is 6.92 Å². The number of hydrogen-bond acceptors (Lipinski definition) is 2. The van der Waals surface area contributed by atoms with E-state index in [0.717, 1.165) is 4.90 Å². The molecule has 1 atom stereocenters. The van der Waals surface area contributed by atoms with Crippen LogP contribution in [0.5, 0.6) is 0 Å². The molecule has 1 saturated heterocycles. The molecule has 1 heterocycles. The van der Waals surface area contributed by atoms with Crippen LogP contribution in [0.25, 0.3) is 0 Å². The molecule has 1 amide bonds. The number of nitrogens with zero attached hydrogens (tertiary/aromatic N) is 1. The monoisotopic (exact) mass is 196 g/mol. The average Bonchev–Trinajstić information content (AvgIpc) is 1.79. The average molecular weight is 196 g/mol. The van der Waals surface area contributed by atoms with Crippen LogP contribution >= 0.6 is 0 Å². The molecule has 0 aromatic heterocycles. The summed E-state index contributed by atoms with van der Waals surface area (Å²) in [6.45, 7) is 0.969. The standard InChI is InChI=1S/C7H11F3N2O/c1-4(11)6(13)12-2-5(3-12)7(8,9)10/h4-5H,2-3,11H2,1H3. The molecule has 0 spiro atoms.